The molecule has 0 aromatic carbocycles. The Morgan fingerprint density at radius 1 is 1.07 bits per heavy atom. The van der Waals surface area contributed by atoms with E-state index in [0.29, 0.717) is 18.3 Å². The minimum Gasteiger partial charge on any atom is -0.357 e. The summed E-state index contributed by atoms with van der Waals surface area (Å²) in [6.07, 6.45) is 4.68. The molecule has 27 heavy (non-hydrogen) atoms. The number of piperazine rings is 1. The Bertz CT molecular complexity index is 666. The van der Waals surface area contributed by atoms with E-state index >= 15 is 0 Å². The second kappa shape index (κ2) is 8.74. The first-order chi connectivity index (χ1) is 13.2. The summed E-state index contributed by atoms with van der Waals surface area (Å²) in [5.41, 5.74) is 0. The van der Waals surface area contributed by atoms with Gasteiger partial charge in [0.05, 0.1) is 31.9 Å². The van der Waals surface area contributed by atoms with Crippen molar-refractivity contribution >= 4 is 40.0 Å². The number of likely N-dealkylation sites (tertiary alicyclic amines) is 1. The van der Waals surface area contributed by atoms with Crippen LogP contribution >= 0.6 is 23.1 Å². The molecular weight excluding hydrogens is 384 g/mol. The molecule has 1 aromatic heterocycles. The summed E-state index contributed by atoms with van der Waals surface area (Å²) in [6.45, 7) is 5.56. The van der Waals surface area contributed by atoms with Crippen molar-refractivity contribution in [1.82, 2.24) is 20.0 Å². The molecule has 3 aliphatic rings. The molecule has 0 spiro atoms. The third kappa shape index (κ3) is 5.32. The highest BCUT2D eigenvalue weighted by atomic mass is 32.2. The lowest BCUT2D eigenvalue weighted by atomic mass is 10.3. The minimum absolute atomic E-state index is 0.150. The second-order valence-electron chi connectivity index (χ2n) is 7.48. The zero-order valence-electron chi connectivity index (χ0n) is 15.5. The third-order valence-corrected chi connectivity index (χ3v) is 7.29. The van der Waals surface area contributed by atoms with Gasteiger partial charge in [-0.05, 0) is 25.7 Å². The van der Waals surface area contributed by atoms with Crippen LogP contribution in [0.25, 0.3) is 0 Å². The van der Waals surface area contributed by atoms with Crippen molar-refractivity contribution in [2.45, 2.75) is 36.1 Å². The quantitative estimate of drug-likeness (QED) is 0.592. The number of nitrogens with zero attached hydrogens (tertiary/aromatic N) is 4. The van der Waals surface area contributed by atoms with Crippen LogP contribution in [-0.4, -0.2) is 89.4 Å². The molecule has 148 valence electrons. The number of hydrogen-bond acceptors (Lipinski definition) is 7. The monoisotopic (exact) mass is 411 g/mol. The number of anilines is 1. The molecule has 10 heteroatoms. The molecule has 1 saturated carbocycles. The lowest BCUT2D eigenvalue weighted by Crippen LogP contribution is -3.15. The molecule has 2 saturated heterocycles. The first-order valence-electron chi connectivity index (χ1n) is 9.79. The summed E-state index contributed by atoms with van der Waals surface area (Å²) >= 11 is 2.99. The number of thioether (sulfide) groups is 1. The van der Waals surface area contributed by atoms with Crippen LogP contribution in [0.15, 0.2) is 4.34 Å². The number of hydrogen-bond donors (Lipinski definition) is 2. The highest BCUT2D eigenvalue weighted by Gasteiger charge is 2.28. The van der Waals surface area contributed by atoms with E-state index < -0.39 is 0 Å². The van der Waals surface area contributed by atoms with Gasteiger partial charge in [-0.3, -0.25) is 9.59 Å². The molecule has 0 atom stereocenters. The van der Waals surface area contributed by atoms with Gasteiger partial charge in [0.2, 0.25) is 11.0 Å². The van der Waals surface area contributed by atoms with Gasteiger partial charge in [0.15, 0.2) is 10.9 Å². The van der Waals surface area contributed by atoms with Gasteiger partial charge >= 0.3 is 0 Å². The van der Waals surface area contributed by atoms with Crippen molar-refractivity contribution in [2.24, 2.45) is 0 Å². The Balaban J connectivity index is 1.16. The number of nitrogens with one attached hydrogen (secondary N) is 2. The van der Waals surface area contributed by atoms with Crippen LogP contribution in [0.3, 0.4) is 0 Å². The van der Waals surface area contributed by atoms with Crippen molar-refractivity contribution in [3.8, 4) is 0 Å². The lowest BCUT2D eigenvalue weighted by Gasteiger charge is -2.32. The fourth-order valence-electron chi connectivity index (χ4n) is 3.48. The summed E-state index contributed by atoms with van der Waals surface area (Å²) in [6, 6.07) is 0.563. The summed E-state index contributed by atoms with van der Waals surface area (Å²) in [7, 11) is 0. The molecule has 4 rings (SSSR count). The van der Waals surface area contributed by atoms with E-state index in [9.17, 15) is 9.59 Å². The fraction of sp³-hybridized carbons (Fsp3) is 0.765. The Labute approximate surface area is 167 Å². The van der Waals surface area contributed by atoms with E-state index in [1.807, 2.05) is 9.80 Å². The predicted octanol–water partition coefficient (Wildman–Crippen LogP) is -0.446. The number of carbonyl (C=O) groups excluding carboxylic acids is 2. The smallest absolute Gasteiger partial charge is 0.277 e. The van der Waals surface area contributed by atoms with E-state index in [0.717, 1.165) is 61.6 Å². The van der Waals surface area contributed by atoms with E-state index in [4.69, 9.17) is 0 Å². The Kier molecular flexibility index (Phi) is 6.14. The number of aromatic nitrogens is 2. The highest BCUT2D eigenvalue weighted by Crippen LogP contribution is 2.30. The molecule has 2 N–H and O–H groups in total. The largest absolute Gasteiger partial charge is 0.357 e. The number of quaternary nitrogens is 1. The maximum Gasteiger partial charge on any atom is 0.277 e. The first kappa shape index (κ1) is 18.9. The van der Waals surface area contributed by atoms with Crippen LogP contribution in [0.2, 0.25) is 0 Å². The molecule has 2 amide bonds. The second-order valence-corrected chi connectivity index (χ2v) is 9.68. The highest BCUT2D eigenvalue weighted by molar-refractivity contribution is 8.01. The van der Waals surface area contributed by atoms with Gasteiger partial charge in [-0.2, -0.15) is 0 Å². The zero-order chi connectivity index (χ0) is 18.6. The van der Waals surface area contributed by atoms with Gasteiger partial charge in [0, 0.05) is 19.1 Å². The van der Waals surface area contributed by atoms with Crippen LogP contribution in [0.1, 0.15) is 25.7 Å². The minimum atomic E-state index is 0.150. The van der Waals surface area contributed by atoms with Crippen LogP contribution in [-0.2, 0) is 9.59 Å². The topological polar surface area (TPSA) is 82.9 Å². The summed E-state index contributed by atoms with van der Waals surface area (Å²) in [4.78, 5) is 29.9. The molecule has 0 radical (unpaired) electrons. The molecular formula is C17H27N6O2S2+. The zero-order valence-corrected chi connectivity index (χ0v) is 17.1. The average molecular weight is 412 g/mol. The van der Waals surface area contributed by atoms with Crippen molar-refractivity contribution in [3.05, 3.63) is 0 Å². The fourth-order valence-corrected chi connectivity index (χ4v) is 5.22. The van der Waals surface area contributed by atoms with Gasteiger partial charge in [-0.15, -0.1) is 10.2 Å². The van der Waals surface area contributed by atoms with E-state index in [1.54, 1.807) is 0 Å². The van der Waals surface area contributed by atoms with Crippen LogP contribution in [0, 0.1) is 0 Å². The molecule has 2 aliphatic heterocycles. The van der Waals surface area contributed by atoms with Gasteiger partial charge in [-0.25, -0.2) is 0 Å². The van der Waals surface area contributed by atoms with E-state index in [1.165, 1.54) is 40.8 Å². The Hall–Kier alpha value is -1.39. The van der Waals surface area contributed by atoms with Gasteiger partial charge in [0.25, 0.3) is 5.91 Å². The number of carbonyl (C=O) groups is 2. The maximum absolute atomic E-state index is 12.5. The average Bonchev–Trinajstić information content (AvgIpc) is 3.13. The molecule has 3 fully saturated rings. The maximum atomic E-state index is 12.5. The van der Waals surface area contributed by atoms with Crippen molar-refractivity contribution < 1.29 is 14.5 Å². The Morgan fingerprint density at radius 3 is 2.48 bits per heavy atom. The molecule has 1 aromatic rings. The van der Waals surface area contributed by atoms with E-state index in [-0.39, 0.29) is 11.8 Å². The predicted molar refractivity (Wildman–Crippen MR) is 105 cm³/mol. The first-order valence-corrected chi connectivity index (χ1v) is 11.6. The summed E-state index contributed by atoms with van der Waals surface area (Å²) < 4.78 is 0.840. The SMILES string of the molecule is O=C(CSc1nnc(NC2CC2)s1)N1CC[NH+](CC(=O)N2CCCC2)CC1. The lowest BCUT2D eigenvalue weighted by molar-refractivity contribution is -0.896. The van der Waals surface area contributed by atoms with Crippen molar-refractivity contribution in [1.29, 1.82) is 0 Å². The summed E-state index contributed by atoms with van der Waals surface area (Å²) in [5, 5.41) is 12.5. The Morgan fingerprint density at radius 2 is 1.78 bits per heavy atom. The molecule has 1 aliphatic carbocycles. The van der Waals surface area contributed by atoms with Gasteiger partial charge < -0.3 is 20.0 Å². The van der Waals surface area contributed by atoms with Gasteiger partial charge in [-0.1, -0.05) is 23.1 Å². The van der Waals surface area contributed by atoms with Crippen molar-refractivity contribution in [3.63, 3.8) is 0 Å². The van der Waals surface area contributed by atoms with E-state index in [2.05, 4.69) is 15.5 Å². The van der Waals surface area contributed by atoms with Gasteiger partial charge in [0.1, 0.15) is 0 Å². The number of amides is 2. The standard InChI is InChI=1S/C17H26N6O2S2/c24-14(22-5-1-2-6-22)11-21-7-9-23(10-8-21)15(25)12-26-17-20-19-16(27-17)18-13-3-4-13/h13H,1-12H2,(H,18,19)/p+1. The third-order valence-electron chi connectivity index (χ3n) is 5.31. The van der Waals surface area contributed by atoms with Crippen LogP contribution in [0.4, 0.5) is 5.13 Å². The van der Waals surface area contributed by atoms with Crippen LogP contribution < -0.4 is 10.2 Å². The number of rotatable bonds is 7. The van der Waals surface area contributed by atoms with Crippen molar-refractivity contribution in [2.75, 3.05) is 56.9 Å². The molecule has 3 heterocycles. The molecule has 0 unspecified atom stereocenters. The summed E-state index contributed by atoms with van der Waals surface area (Å²) in [5.74, 6) is 0.821. The molecule has 8 nitrogen and oxygen atoms in total. The normalized spacial score (nSPS) is 20.9. The molecule has 0 bridgehead atoms. The van der Waals surface area contributed by atoms with Crippen LogP contribution in [0.5, 0.6) is 0 Å².